The van der Waals surface area contributed by atoms with Crippen molar-refractivity contribution in [1.29, 1.82) is 0 Å². The Morgan fingerprint density at radius 3 is 2.38 bits per heavy atom. The fraction of sp³-hybridized carbons (Fsp3) is 0.174. The molecule has 32 heavy (non-hydrogen) atoms. The van der Waals surface area contributed by atoms with Crippen LogP contribution in [0.25, 0.3) is 22.2 Å². The van der Waals surface area contributed by atoms with E-state index in [1.807, 2.05) is 23.1 Å². The smallest absolute Gasteiger partial charge is 0.245 e. The van der Waals surface area contributed by atoms with Crippen molar-refractivity contribution >= 4 is 26.7 Å². The number of pyridine rings is 1. The quantitative estimate of drug-likeness (QED) is 0.476. The van der Waals surface area contributed by atoms with Crippen LogP contribution < -0.4 is 4.90 Å². The first-order chi connectivity index (χ1) is 15.5. The van der Waals surface area contributed by atoms with Crippen LogP contribution in [0.4, 0.5) is 10.2 Å². The molecule has 0 saturated carbocycles. The Morgan fingerprint density at radius 1 is 0.844 bits per heavy atom. The molecule has 9 heteroatoms. The second-order valence-electron chi connectivity index (χ2n) is 7.49. The summed E-state index contributed by atoms with van der Waals surface area (Å²) >= 11 is 0. The number of piperazine rings is 1. The summed E-state index contributed by atoms with van der Waals surface area (Å²) in [5.74, 6) is 0.407. The Hall–Kier alpha value is -3.43. The van der Waals surface area contributed by atoms with Crippen molar-refractivity contribution in [2.24, 2.45) is 0 Å². The number of benzene rings is 2. The molecule has 0 spiro atoms. The van der Waals surface area contributed by atoms with Crippen LogP contribution >= 0.6 is 0 Å². The molecule has 4 aromatic rings. The highest BCUT2D eigenvalue weighted by atomic mass is 32.2. The van der Waals surface area contributed by atoms with E-state index in [2.05, 4.69) is 15.0 Å². The molecule has 2 aromatic carbocycles. The van der Waals surface area contributed by atoms with Gasteiger partial charge in [0, 0.05) is 49.4 Å². The molecule has 1 fully saturated rings. The largest absolute Gasteiger partial charge is 0.354 e. The summed E-state index contributed by atoms with van der Waals surface area (Å²) in [7, 11) is -3.67. The zero-order valence-corrected chi connectivity index (χ0v) is 17.9. The van der Waals surface area contributed by atoms with Crippen molar-refractivity contribution in [3.8, 4) is 11.3 Å². The van der Waals surface area contributed by atoms with E-state index in [1.54, 1.807) is 36.5 Å². The molecule has 0 radical (unpaired) electrons. The Kier molecular flexibility index (Phi) is 5.28. The van der Waals surface area contributed by atoms with Gasteiger partial charge in [0.2, 0.25) is 10.0 Å². The van der Waals surface area contributed by atoms with Crippen molar-refractivity contribution in [2.75, 3.05) is 31.1 Å². The molecule has 5 rings (SSSR count). The monoisotopic (exact) mass is 449 g/mol. The van der Waals surface area contributed by atoms with Crippen LogP contribution in [-0.4, -0.2) is 53.9 Å². The van der Waals surface area contributed by atoms with Gasteiger partial charge in [0.25, 0.3) is 0 Å². The van der Waals surface area contributed by atoms with Gasteiger partial charge in [-0.15, -0.1) is 0 Å². The zero-order valence-electron chi connectivity index (χ0n) is 17.1. The number of nitrogens with zero attached hydrogens (tertiary/aromatic N) is 5. The summed E-state index contributed by atoms with van der Waals surface area (Å²) < 4.78 is 41.4. The summed E-state index contributed by atoms with van der Waals surface area (Å²) in [4.78, 5) is 15.2. The first-order valence-corrected chi connectivity index (χ1v) is 11.6. The van der Waals surface area contributed by atoms with Crippen molar-refractivity contribution in [1.82, 2.24) is 19.3 Å². The van der Waals surface area contributed by atoms with Gasteiger partial charge in [0.1, 0.15) is 22.9 Å². The molecule has 7 nitrogen and oxygen atoms in total. The van der Waals surface area contributed by atoms with Gasteiger partial charge in [0.15, 0.2) is 0 Å². The normalized spacial score (nSPS) is 15.2. The third-order valence-electron chi connectivity index (χ3n) is 5.57. The molecule has 1 aliphatic heterocycles. The molecule has 1 saturated heterocycles. The molecule has 2 aromatic heterocycles. The van der Waals surface area contributed by atoms with Crippen LogP contribution in [0.2, 0.25) is 0 Å². The second kappa shape index (κ2) is 8.25. The summed E-state index contributed by atoms with van der Waals surface area (Å²) in [6, 6.07) is 16.8. The van der Waals surface area contributed by atoms with E-state index in [1.165, 1.54) is 22.8 Å². The highest BCUT2D eigenvalue weighted by Gasteiger charge is 2.30. The van der Waals surface area contributed by atoms with Crippen LogP contribution in [0.5, 0.6) is 0 Å². The topological polar surface area (TPSA) is 79.3 Å². The summed E-state index contributed by atoms with van der Waals surface area (Å²) in [5.41, 5.74) is 1.96. The number of rotatable bonds is 4. The van der Waals surface area contributed by atoms with Gasteiger partial charge in [-0.25, -0.2) is 22.8 Å². The Bertz CT molecular complexity index is 1370. The third kappa shape index (κ3) is 3.80. The van der Waals surface area contributed by atoms with Crippen LogP contribution in [0.1, 0.15) is 0 Å². The molecule has 0 aliphatic carbocycles. The molecule has 0 atom stereocenters. The number of hydrogen-bond acceptors (Lipinski definition) is 6. The molecule has 0 bridgehead atoms. The average molecular weight is 450 g/mol. The highest BCUT2D eigenvalue weighted by Crippen LogP contribution is 2.26. The molecule has 1 aliphatic rings. The fourth-order valence-corrected chi connectivity index (χ4v) is 5.47. The first-order valence-electron chi connectivity index (χ1n) is 10.2. The highest BCUT2D eigenvalue weighted by molar-refractivity contribution is 7.89. The van der Waals surface area contributed by atoms with Crippen molar-refractivity contribution in [2.45, 2.75) is 4.90 Å². The van der Waals surface area contributed by atoms with E-state index in [9.17, 15) is 12.8 Å². The molecule has 0 amide bonds. The minimum absolute atomic E-state index is 0.227. The predicted molar refractivity (Wildman–Crippen MR) is 120 cm³/mol. The molecule has 3 heterocycles. The Labute approximate surface area is 185 Å². The van der Waals surface area contributed by atoms with Crippen molar-refractivity contribution in [3.63, 3.8) is 0 Å². The lowest BCUT2D eigenvalue weighted by Crippen LogP contribution is -2.49. The van der Waals surface area contributed by atoms with Gasteiger partial charge in [-0.1, -0.05) is 18.2 Å². The predicted octanol–water partition coefficient (Wildman–Crippen LogP) is 3.34. The number of halogens is 1. The van der Waals surface area contributed by atoms with Crippen LogP contribution in [0.3, 0.4) is 0 Å². The number of aromatic nitrogens is 3. The van der Waals surface area contributed by atoms with Gasteiger partial charge in [0.05, 0.1) is 11.2 Å². The maximum Gasteiger partial charge on any atom is 0.245 e. The molecule has 0 unspecified atom stereocenters. The lowest BCUT2D eigenvalue weighted by molar-refractivity contribution is 0.384. The van der Waals surface area contributed by atoms with Crippen LogP contribution in [0, 0.1) is 5.82 Å². The minimum atomic E-state index is -3.67. The summed E-state index contributed by atoms with van der Waals surface area (Å²) in [5, 5.41) is 0.793. The lowest BCUT2D eigenvalue weighted by atomic mass is 10.1. The van der Waals surface area contributed by atoms with Crippen LogP contribution in [0.15, 0.2) is 78.1 Å². The molecule has 0 N–H and O–H groups in total. The Morgan fingerprint density at radius 2 is 1.59 bits per heavy atom. The zero-order chi connectivity index (χ0) is 22.1. The fourth-order valence-electron chi connectivity index (χ4n) is 3.88. The summed E-state index contributed by atoms with van der Waals surface area (Å²) in [6.45, 7) is 1.66. The lowest BCUT2D eigenvalue weighted by Gasteiger charge is -2.34. The first kappa shape index (κ1) is 20.5. The maximum absolute atomic E-state index is 13.3. The number of hydrogen-bond donors (Lipinski definition) is 0. The molecular weight excluding hydrogens is 429 g/mol. The van der Waals surface area contributed by atoms with Gasteiger partial charge < -0.3 is 4.90 Å². The van der Waals surface area contributed by atoms with Crippen molar-refractivity contribution < 1.29 is 12.8 Å². The standard InChI is InChI=1S/C23H20FN5O2S/c24-19-8-6-17(7-9-19)20-15-22(27-16-26-20)28-11-13-29(14-12-28)32(30,31)21-5-1-3-18-4-2-10-25-23(18)21/h1-10,15-16H,11-14H2. The van der Waals surface area contributed by atoms with E-state index >= 15 is 0 Å². The van der Waals surface area contributed by atoms with Crippen molar-refractivity contribution in [3.05, 3.63) is 79.0 Å². The number of fused-ring (bicyclic) bond motifs is 1. The van der Waals surface area contributed by atoms with E-state index in [0.717, 1.165) is 10.9 Å². The number of anilines is 1. The number of para-hydroxylation sites is 1. The van der Waals surface area contributed by atoms with Crippen LogP contribution in [-0.2, 0) is 10.0 Å². The van der Waals surface area contributed by atoms with E-state index in [-0.39, 0.29) is 10.7 Å². The van der Waals surface area contributed by atoms with E-state index < -0.39 is 10.0 Å². The van der Waals surface area contributed by atoms with Gasteiger partial charge in [-0.3, -0.25) is 4.98 Å². The second-order valence-corrected chi connectivity index (χ2v) is 9.40. The van der Waals surface area contributed by atoms with E-state index in [0.29, 0.717) is 43.2 Å². The maximum atomic E-state index is 13.3. The van der Waals surface area contributed by atoms with E-state index in [4.69, 9.17) is 0 Å². The Balaban J connectivity index is 1.35. The van der Waals surface area contributed by atoms with Gasteiger partial charge >= 0.3 is 0 Å². The minimum Gasteiger partial charge on any atom is -0.354 e. The molecule has 162 valence electrons. The number of sulfonamides is 1. The third-order valence-corrected chi connectivity index (χ3v) is 7.50. The average Bonchev–Trinajstić information content (AvgIpc) is 2.84. The molecular formula is C23H20FN5O2S. The van der Waals surface area contributed by atoms with Gasteiger partial charge in [-0.2, -0.15) is 4.31 Å². The summed E-state index contributed by atoms with van der Waals surface area (Å²) in [6.07, 6.45) is 3.08. The SMILES string of the molecule is O=S(=O)(c1cccc2cccnc12)N1CCN(c2cc(-c3ccc(F)cc3)ncn2)CC1. The van der Waals surface area contributed by atoms with Gasteiger partial charge in [-0.05, 0) is 36.4 Å².